The molecule has 2 aromatic rings. The molecule has 0 unspecified atom stereocenters. The van der Waals surface area contributed by atoms with E-state index in [9.17, 15) is 24.6 Å². The van der Waals surface area contributed by atoms with Gasteiger partial charge in [0, 0.05) is 24.5 Å². The average molecular weight is 364 g/mol. The molecular weight excluding hydrogens is 346 g/mol. The Hall–Kier alpha value is -3.41. The van der Waals surface area contributed by atoms with Gasteiger partial charge >= 0.3 is 0 Å². The lowest BCUT2D eigenvalue weighted by atomic mass is 9.95. The fourth-order valence-corrected chi connectivity index (χ4v) is 3.17. The Labute approximate surface area is 156 Å². The number of ketones is 1. The first-order valence-electron chi connectivity index (χ1n) is 8.50. The predicted molar refractivity (Wildman–Crippen MR) is 96.3 cm³/mol. The molecule has 2 aromatic carbocycles. The molecule has 0 bridgehead atoms. The lowest BCUT2D eigenvalue weighted by molar-refractivity contribution is -0.305. The molecule has 1 saturated heterocycles. The van der Waals surface area contributed by atoms with Crippen molar-refractivity contribution in [2.45, 2.75) is 19.4 Å². The Morgan fingerprint density at radius 2 is 1.70 bits per heavy atom. The van der Waals surface area contributed by atoms with Crippen LogP contribution in [0.2, 0.25) is 0 Å². The molecule has 1 fully saturated rings. The van der Waals surface area contributed by atoms with Crippen LogP contribution >= 0.6 is 0 Å². The Bertz CT molecular complexity index is 915. The molecule has 0 spiro atoms. The number of likely N-dealkylation sites (tertiary alicyclic amines) is 1. The van der Waals surface area contributed by atoms with Crippen molar-refractivity contribution in [3.8, 4) is 0 Å². The summed E-state index contributed by atoms with van der Waals surface area (Å²) in [7, 11) is 0. The van der Waals surface area contributed by atoms with Crippen molar-refractivity contribution in [1.29, 1.82) is 0 Å². The summed E-state index contributed by atoms with van der Waals surface area (Å²) in [6.45, 7) is 1.71. The number of aryl methyl sites for hydroxylation is 1. The standard InChI is InChI=1S/C21H19NO5/c1-13-7-9-15(10-8-13)19(25)17-18(14-5-3-2-4-6-14)22(12-11-16(23)24)21(27)20(17)26/h2-10,18,25H,11-12H2,1H3,(H,23,24)/p-1/t18-/m0/s1. The number of benzene rings is 2. The lowest BCUT2D eigenvalue weighted by Gasteiger charge is -2.25. The third kappa shape index (κ3) is 3.60. The van der Waals surface area contributed by atoms with E-state index in [0.717, 1.165) is 5.56 Å². The van der Waals surface area contributed by atoms with Gasteiger partial charge in [0.25, 0.3) is 11.7 Å². The maximum atomic E-state index is 12.7. The first kappa shape index (κ1) is 18.4. The highest BCUT2D eigenvalue weighted by Crippen LogP contribution is 2.39. The van der Waals surface area contributed by atoms with Gasteiger partial charge < -0.3 is 19.9 Å². The zero-order valence-electron chi connectivity index (χ0n) is 14.7. The molecule has 6 nitrogen and oxygen atoms in total. The Morgan fingerprint density at radius 1 is 1.07 bits per heavy atom. The highest BCUT2D eigenvalue weighted by Gasteiger charge is 2.45. The van der Waals surface area contributed by atoms with Gasteiger partial charge in [0.1, 0.15) is 5.76 Å². The summed E-state index contributed by atoms with van der Waals surface area (Å²) >= 11 is 0. The summed E-state index contributed by atoms with van der Waals surface area (Å²) in [5, 5.41) is 21.6. The summed E-state index contributed by atoms with van der Waals surface area (Å²) < 4.78 is 0. The van der Waals surface area contributed by atoms with Gasteiger partial charge in [-0.25, -0.2) is 0 Å². The Kier molecular flexibility index (Phi) is 5.07. The third-order valence-electron chi connectivity index (χ3n) is 4.54. The molecule has 0 saturated carbocycles. The molecule has 0 aromatic heterocycles. The molecule has 6 heteroatoms. The van der Waals surface area contributed by atoms with Gasteiger partial charge in [0.15, 0.2) is 0 Å². The molecule has 1 atom stereocenters. The van der Waals surface area contributed by atoms with Crippen molar-refractivity contribution in [2.75, 3.05) is 6.54 Å². The zero-order valence-corrected chi connectivity index (χ0v) is 14.7. The highest BCUT2D eigenvalue weighted by atomic mass is 16.4. The van der Waals surface area contributed by atoms with Gasteiger partial charge in [0.2, 0.25) is 0 Å². The average Bonchev–Trinajstić information content (AvgIpc) is 2.91. The van der Waals surface area contributed by atoms with Crippen molar-refractivity contribution in [1.82, 2.24) is 4.90 Å². The number of aliphatic hydroxyl groups is 1. The lowest BCUT2D eigenvalue weighted by Crippen LogP contribution is -2.34. The number of aliphatic hydroxyl groups excluding tert-OH is 1. The molecule has 0 radical (unpaired) electrons. The van der Waals surface area contributed by atoms with Crippen LogP contribution in [0.4, 0.5) is 0 Å². The highest BCUT2D eigenvalue weighted by molar-refractivity contribution is 6.46. The van der Waals surface area contributed by atoms with Crippen LogP contribution in [-0.2, 0) is 14.4 Å². The zero-order chi connectivity index (χ0) is 19.6. The van der Waals surface area contributed by atoms with Crippen LogP contribution in [-0.4, -0.2) is 34.2 Å². The van der Waals surface area contributed by atoms with E-state index in [1.54, 1.807) is 54.6 Å². The summed E-state index contributed by atoms with van der Waals surface area (Å²) in [6.07, 6.45) is -0.402. The number of carboxylic acids is 1. The monoisotopic (exact) mass is 364 g/mol. The van der Waals surface area contributed by atoms with E-state index in [-0.39, 0.29) is 17.9 Å². The summed E-state index contributed by atoms with van der Waals surface area (Å²) in [5.74, 6) is -3.26. The normalized spacial score (nSPS) is 18.7. The van der Waals surface area contributed by atoms with Gasteiger partial charge in [-0.2, -0.15) is 0 Å². The Morgan fingerprint density at radius 3 is 2.30 bits per heavy atom. The van der Waals surface area contributed by atoms with Gasteiger partial charge in [-0.05, 0) is 12.5 Å². The first-order chi connectivity index (χ1) is 12.9. The number of hydrogen-bond donors (Lipinski definition) is 1. The number of carboxylic acid groups (broad SMARTS) is 1. The van der Waals surface area contributed by atoms with Crippen molar-refractivity contribution in [3.05, 3.63) is 76.9 Å². The minimum absolute atomic E-state index is 0.0478. The number of hydrogen-bond acceptors (Lipinski definition) is 5. The van der Waals surface area contributed by atoms with E-state index in [1.807, 2.05) is 6.92 Å². The number of nitrogens with zero attached hydrogens (tertiary/aromatic N) is 1. The van der Waals surface area contributed by atoms with Crippen LogP contribution in [0.5, 0.6) is 0 Å². The van der Waals surface area contributed by atoms with E-state index >= 15 is 0 Å². The molecule has 0 aliphatic carbocycles. The molecule has 1 aliphatic rings. The number of carbonyl (C=O) groups excluding carboxylic acids is 3. The van der Waals surface area contributed by atoms with Crippen LogP contribution in [0, 0.1) is 6.92 Å². The number of aliphatic carboxylic acids is 1. The minimum atomic E-state index is -1.32. The molecule has 1 heterocycles. The van der Waals surface area contributed by atoms with Crippen LogP contribution in [0.25, 0.3) is 5.76 Å². The topological polar surface area (TPSA) is 97.7 Å². The van der Waals surface area contributed by atoms with E-state index in [4.69, 9.17) is 0 Å². The van der Waals surface area contributed by atoms with Gasteiger partial charge in [-0.3, -0.25) is 9.59 Å². The SMILES string of the molecule is Cc1ccc(C(O)=C2C(=O)C(=O)N(CCC(=O)[O-])[C@H]2c2ccccc2)cc1. The second-order valence-corrected chi connectivity index (χ2v) is 6.39. The maximum Gasteiger partial charge on any atom is 0.295 e. The van der Waals surface area contributed by atoms with Crippen LogP contribution < -0.4 is 5.11 Å². The van der Waals surface area contributed by atoms with Crippen LogP contribution in [0.1, 0.15) is 29.2 Å². The van der Waals surface area contributed by atoms with Crippen molar-refractivity contribution in [2.24, 2.45) is 0 Å². The van der Waals surface area contributed by atoms with Crippen LogP contribution in [0.3, 0.4) is 0 Å². The smallest absolute Gasteiger partial charge is 0.295 e. The number of carbonyl (C=O) groups is 3. The fraction of sp³-hybridized carbons (Fsp3) is 0.190. The van der Waals surface area contributed by atoms with E-state index < -0.39 is 30.1 Å². The van der Waals surface area contributed by atoms with Crippen molar-refractivity contribution < 1.29 is 24.6 Å². The van der Waals surface area contributed by atoms with Gasteiger partial charge in [0.05, 0.1) is 11.6 Å². The third-order valence-corrected chi connectivity index (χ3v) is 4.54. The molecule has 1 amide bonds. The molecule has 1 N–H and O–H groups in total. The molecular formula is C21H18NO5-. The number of rotatable bonds is 5. The van der Waals surface area contributed by atoms with E-state index in [2.05, 4.69) is 0 Å². The van der Waals surface area contributed by atoms with Crippen LogP contribution in [0.15, 0.2) is 60.2 Å². The van der Waals surface area contributed by atoms with Crippen molar-refractivity contribution >= 4 is 23.4 Å². The van der Waals surface area contributed by atoms with Crippen molar-refractivity contribution in [3.63, 3.8) is 0 Å². The molecule has 1 aliphatic heterocycles. The second-order valence-electron chi connectivity index (χ2n) is 6.39. The quantitative estimate of drug-likeness (QED) is 0.493. The van der Waals surface area contributed by atoms with E-state index in [1.165, 1.54) is 4.90 Å². The number of amides is 1. The molecule has 3 rings (SSSR count). The predicted octanol–water partition coefficient (Wildman–Crippen LogP) is 1.56. The first-order valence-corrected chi connectivity index (χ1v) is 8.50. The fourth-order valence-electron chi connectivity index (χ4n) is 3.17. The largest absolute Gasteiger partial charge is 0.550 e. The number of Topliss-reactive ketones (excluding diaryl/α,β-unsaturated/α-hetero) is 1. The minimum Gasteiger partial charge on any atom is -0.550 e. The maximum absolute atomic E-state index is 12.7. The summed E-state index contributed by atoms with van der Waals surface area (Å²) in [6, 6.07) is 14.8. The Balaban J connectivity index is 2.13. The van der Waals surface area contributed by atoms with E-state index in [0.29, 0.717) is 11.1 Å². The van der Waals surface area contributed by atoms with Gasteiger partial charge in [-0.1, -0.05) is 60.2 Å². The molecule has 138 valence electrons. The summed E-state index contributed by atoms with van der Waals surface area (Å²) in [4.78, 5) is 37.2. The summed E-state index contributed by atoms with van der Waals surface area (Å²) in [5.41, 5.74) is 1.97. The second kappa shape index (κ2) is 7.45. The van der Waals surface area contributed by atoms with Gasteiger partial charge in [-0.15, -0.1) is 0 Å². The molecule has 27 heavy (non-hydrogen) atoms.